The highest BCUT2D eigenvalue weighted by atomic mass is 32.1. The number of anilines is 1. The van der Waals surface area contributed by atoms with Gasteiger partial charge in [0.15, 0.2) is 0 Å². The SMILES string of the molecule is CCCCN(CC)c1ccc(C)cc1C(N)=S. The molecule has 0 unspecified atom stereocenters. The Hall–Kier alpha value is -1.09. The third kappa shape index (κ3) is 3.70. The van der Waals surface area contributed by atoms with Crippen LogP contribution in [0.1, 0.15) is 37.8 Å². The van der Waals surface area contributed by atoms with Crippen LogP contribution in [0, 0.1) is 6.92 Å². The minimum atomic E-state index is 0.485. The molecule has 0 bridgehead atoms. The number of hydrogen-bond donors (Lipinski definition) is 1. The average molecular weight is 250 g/mol. The molecule has 94 valence electrons. The number of benzene rings is 1. The lowest BCUT2D eigenvalue weighted by Gasteiger charge is -2.25. The van der Waals surface area contributed by atoms with Crippen molar-refractivity contribution in [3.63, 3.8) is 0 Å². The Morgan fingerprint density at radius 3 is 2.59 bits per heavy atom. The van der Waals surface area contributed by atoms with Crippen LogP contribution in [0.3, 0.4) is 0 Å². The summed E-state index contributed by atoms with van der Waals surface area (Å²) in [5.41, 5.74) is 9.17. The molecule has 0 aliphatic rings. The van der Waals surface area contributed by atoms with E-state index >= 15 is 0 Å². The van der Waals surface area contributed by atoms with Crippen molar-refractivity contribution < 1.29 is 0 Å². The van der Waals surface area contributed by atoms with E-state index in [9.17, 15) is 0 Å². The first-order valence-electron chi connectivity index (χ1n) is 6.25. The molecular formula is C14H22N2S. The Balaban J connectivity index is 3.05. The zero-order valence-electron chi connectivity index (χ0n) is 11.0. The van der Waals surface area contributed by atoms with Crippen LogP contribution >= 0.6 is 12.2 Å². The number of unbranched alkanes of at least 4 members (excludes halogenated alkanes) is 1. The number of hydrogen-bond acceptors (Lipinski definition) is 2. The van der Waals surface area contributed by atoms with Gasteiger partial charge >= 0.3 is 0 Å². The van der Waals surface area contributed by atoms with Crippen molar-refractivity contribution in [2.24, 2.45) is 5.73 Å². The smallest absolute Gasteiger partial charge is 0.106 e. The van der Waals surface area contributed by atoms with E-state index in [0.717, 1.165) is 18.7 Å². The van der Waals surface area contributed by atoms with E-state index in [1.807, 2.05) is 0 Å². The molecule has 0 spiro atoms. The highest BCUT2D eigenvalue weighted by Crippen LogP contribution is 2.22. The van der Waals surface area contributed by atoms with E-state index < -0.39 is 0 Å². The molecule has 2 N–H and O–H groups in total. The first-order valence-corrected chi connectivity index (χ1v) is 6.66. The summed E-state index contributed by atoms with van der Waals surface area (Å²) in [6.07, 6.45) is 2.39. The molecule has 3 heteroatoms. The zero-order chi connectivity index (χ0) is 12.8. The highest BCUT2D eigenvalue weighted by Gasteiger charge is 2.11. The molecule has 0 fully saturated rings. The third-order valence-corrected chi connectivity index (χ3v) is 3.14. The van der Waals surface area contributed by atoms with Crippen molar-refractivity contribution in [3.8, 4) is 0 Å². The van der Waals surface area contributed by atoms with Gasteiger partial charge in [0.1, 0.15) is 4.99 Å². The van der Waals surface area contributed by atoms with E-state index in [0.29, 0.717) is 4.99 Å². The molecule has 0 saturated heterocycles. The van der Waals surface area contributed by atoms with Crippen LogP contribution < -0.4 is 10.6 Å². The van der Waals surface area contributed by atoms with Gasteiger partial charge in [0, 0.05) is 24.3 Å². The predicted molar refractivity (Wildman–Crippen MR) is 79.9 cm³/mol. The lowest BCUT2D eigenvalue weighted by atomic mass is 10.1. The molecule has 0 aromatic heterocycles. The molecule has 0 aliphatic heterocycles. The van der Waals surface area contributed by atoms with Crippen LogP contribution in [-0.2, 0) is 0 Å². The number of nitrogens with two attached hydrogens (primary N) is 1. The maximum atomic E-state index is 5.81. The molecule has 0 aliphatic carbocycles. The fourth-order valence-corrected chi connectivity index (χ4v) is 2.08. The maximum absolute atomic E-state index is 5.81. The second-order valence-corrected chi connectivity index (χ2v) is 4.76. The second kappa shape index (κ2) is 6.60. The average Bonchev–Trinajstić information content (AvgIpc) is 2.31. The van der Waals surface area contributed by atoms with Gasteiger partial charge in [-0.05, 0) is 32.4 Å². The van der Waals surface area contributed by atoms with Crippen molar-refractivity contribution in [2.45, 2.75) is 33.6 Å². The van der Waals surface area contributed by atoms with Crippen molar-refractivity contribution in [3.05, 3.63) is 29.3 Å². The lowest BCUT2D eigenvalue weighted by Crippen LogP contribution is -2.27. The Bertz CT molecular complexity index is 388. The van der Waals surface area contributed by atoms with Gasteiger partial charge in [-0.25, -0.2) is 0 Å². The second-order valence-electron chi connectivity index (χ2n) is 4.32. The normalized spacial score (nSPS) is 10.3. The standard InChI is InChI=1S/C14H22N2S/c1-4-6-9-16(5-2)13-8-7-11(3)10-12(13)14(15)17/h7-8,10H,4-6,9H2,1-3H3,(H2,15,17). The molecular weight excluding hydrogens is 228 g/mol. The van der Waals surface area contributed by atoms with Gasteiger partial charge in [0.05, 0.1) is 0 Å². The summed E-state index contributed by atoms with van der Waals surface area (Å²) in [6, 6.07) is 6.32. The highest BCUT2D eigenvalue weighted by molar-refractivity contribution is 7.80. The van der Waals surface area contributed by atoms with Gasteiger partial charge < -0.3 is 10.6 Å². The van der Waals surface area contributed by atoms with Gasteiger partial charge in [-0.2, -0.15) is 0 Å². The topological polar surface area (TPSA) is 29.3 Å². The minimum Gasteiger partial charge on any atom is -0.389 e. The van der Waals surface area contributed by atoms with E-state index in [4.69, 9.17) is 18.0 Å². The van der Waals surface area contributed by atoms with Gasteiger partial charge in [-0.1, -0.05) is 37.2 Å². The maximum Gasteiger partial charge on any atom is 0.106 e. The van der Waals surface area contributed by atoms with Crippen molar-refractivity contribution >= 4 is 22.9 Å². The largest absolute Gasteiger partial charge is 0.389 e. The molecule has 1 aromatic carbocycles. The Labute approximate surface area is 110 Å². The van der Waals surface area contributed by atoms with Crippen LogP contribution in [0.2, 0.25) is 0 Å². The van der Waals surface area contributed by atoms with Crippen LogP contribution in [0.5, 0.6) is 0 Å². The molecule has 0 radical (unpaired) electrons. The van der Waals surface area contributed by atoms with Crippen LogP contribution in [-0.4, -0.2) is 18.1 Å². The van der Waals surface area contributed by atoms with Crippen LogP contribution in [0.15, 0.2) is 18.2 Å². The van der Waals surface area contributed by atoms with Crippen LogP contribution in [0.4, 0.5) is 5.69 Å². The van der Waals surface area contributed by atoms with Gasteiger partial charge in [-0.3, -0.25) is 0 Å². The fourth-order valence-electron chi connectivity index (χ4n) is 1.92. The lowest BCUT2D eigenvalue weighted by molar-refractivity contribution is 0.732. The Morgan fingerprint density at radius 2 is 2.06 bits per heavy atom. The monoisotopic (exact) mass is 250 g/mol. The van der Waals surface area contributed by atoms with Crippen molar-refractivity contribution in [1.82, 2.24) is 0 Å². The van der Waals surface area contributed by atoms with E-state index in [-0.39, 0.29) is 0 Å². The number of aryl methyl sites for hydroxylation is 1. The first kappa shape index (κ1) is 14.0. The number of thiocarbonyl (C=S) groups is 1. The van der Waals surface area contributed by atoms with Gasteiger partial charge in [-0.15, -0.1) is 0 Å². The summed E-state index contributed by atoms with van der Waals surface area (Å²) in [7, 11) is 0. The summed E-state index contributed by atoms with van der Waals surface area (Å²) in [6.45, 7) is 8.48. The Morgan fingerprint density at radius 1 is 1.35 bits per heavy atom. The van der Waals surface area contributed by atoms with Gasteiger partial charge in [0.25, 0.3) is 0 Å². The molecule has 0 saturated carbocycles. The summed E-state index contributed by atoms with van der Waals surface area (Å²) in [4.78, 5) is 2.83. The summed E-state index contributed by atoms with van der Waals surface area (Å²) < 4.78 is 0. The zero-order valence-corrected chi connectivity index (χ0v) is 11.8. The van der Waals surface area contributed by atoms with E-state index in [1.54, 1.807) is 0 Å². The number of nitrogens with zero attached hydrogens (tertiary/aromatic N) is 1. The molecule has 0 atom stereocenters. The molecule has 0 heterocycles. The summed E-state index contributed by atoms with van der Waals surface area (Å²) in [5, 5.41) is 0. The number of rotatable bonds is 6. The van der Waals surface area contributed by atoms with Crippen molar-refractivity contribution in [1.29, 1.82) is 0 Å². The van der Waals surface area contributed by atoms with Gasteiger partial charge in [0.2, 0.25) is 0 Å². The summed E-state index contributed by atoms with van der Waals surface area (Å²) in [5.74, 6) is 0. The molecule has 1 aromatic rings. The van der Waals surface area contributed by atoms with Crippen molar-refractivity contribution in [2.75, 3.05) is 18.0 Å². The molecule has 1 rings (SSSR count). The summed E-state index contributed by atoms with van der Waals surface area (Å²) >= 11 is 5.14. The predicted octanol–water partition coefficient (Wildman–Crippen LogP) is 3.26. The molecule has 0 amide bonds. The quantitative estimate of drug-likeness (QED) is 0.786. The third-order valence-electron chi connectivity index (χ3n) is 2.92. The minimum absolute atomic E-state index is 0.485. The van der Waals surface area contributed by atoms with Crippen LogP contribution in [0.25, 0.3) is 0 Å². The first-order chi connectivity index (χ1) is 8.10. The fraction of sp³-hybridized carbons (Fsp3) is 0.500. The van der Waals surface area contributed by atoms with E-state index in [1.165, 1.54) is 24.1 Å². The molecule has 2 nitrogen and oxygen atoms in total. The Kier molecular flexibility index (Phi) is 5.42. The van der Waals surface area contributed by atoms with E-state index in [2.05, 4.69) is 43.9 Å². The molecule has 17 heavy (non-hydrogen) atoms.